The van der Waals surface area contributed by atoms with Crippen LogP contribution in [0.4, 0.5) is 4.39 Å². The van der Waals surface area contributed by atoms with Gasteiger partial charge in [0, 0.05) is 12.4 Å². The van der Waals surface area contributed by atoms with Gasteiger partial charge in [-0.1, -0.05) is 6.07 Å². The first-order chi connectivity index (χ1) is 10.0. The number of aromatic nitrogens is 5. The van der Waals surface area contributed by atoms with Gasteiger partial charge in [-0.3, -0.25) is 4.57 Å². The van der Waals surface area contributed by atoms with Crippen molar-refractivity contribution in [3.05, 3.63) is 53.1 Å². The molecule has 0 fully saturated rings. The maximum absolute atomic E-state index is 14.2. The molecule has 2 aromatic heterocycles. The molecule has 1 aromatic carbocycles. The number of hydrogen-bond acceptors (Lipinski definition) is 4. The van der Waals surface area contributed by atoms with E-state index in [1.807, 2.05) is 13.0 Å². The summed E-state index contributed by atoms with van der Waals surface area (Å²) >= 11 is 5.93. The second kappa shape index (κ2) is 5.21. The fourth-order valence-corrected chi connectivity index (χ4v) is 2.30. The number of rotatable bonds is 2. The van der Waals surface area contributed by atoms with Crippen molar-refractivity contribution in [2.75, 3.05) is 0 Å². The van der Waals surface area contributed by atoms with Crippen LogP contribution in [0.2, 0.25) is 5.28 Å². The molecule has 0 atom stereocenters. The zero-order valence-electron chi connectivity index (χ0n) is 11.4. The monoisotopic (exact) mass is 303 g/mol. The molecule has 0 amide bonds. The molecular weight excluding hydrogens is 293 g/mol. The lowest BCUT2D eigenvalue weighted by Crippen LogP contribution is -2.04. The Labute approximate surface area is 125 Å². The number of imidazole rings is 1. The molecule has 21 heavy (non-hydrogen) atoms. The van der Waals surface area contributed by atoms with Crippen molar-refractivity contribution < 1.29 is 4.39 Å². The van der Waals surface area contributed by atoms with Gasteiger partial charge in [0.15, 0.2) is 5.82 Å². The lowest BCUT2D eigenvalue weighted by atomic mass is 10.0. The summed E-state index contributed by atoms with van der Waals surface area (Å²) in [7, 11) is 0. The number of halogens is 2. The van der Waals surface area contributed by atoms with E-state index in [0.717, 1.165) is 11.1 Å². The summed E-state index contributed by atoms with van der Waals surface area (Å²) < 4.78 is 15.8. The predicted molar refractivity (Wildman–Crippen MR) is 76.8 cm³/mol. The maximum atomic E-state index is 14.2. The third-order valence-corrected chi connectivity index (χ3v) is 3.16. The van der Waals surface area contributed by atoms with Crippen LogP contribution < -0.4 is 0 Å². The van der Waals surface area contributed by atoms with Crippen LogP contribution in [0.1, 0.15) is 11.1 Å². The van der Waals surface area contributed by atoms with E-state index in [4.69, 9.17) is 11.6 Å². The van der Waals surface area contributed by atoms with Gasteiger partial charge >= 0.3 is 0 Å². The molecule has 0 saturated carbocycles. The lowest BCUT2D eigenvalue weighted by molar-refractivity contribution is 0.627. The Balaban J connectivity index is 2.20. The van der Waals surface area contributed by atoms with Crippen molar-refractivity contribution in [3.8, 4) is 17.3 Å². The predicted octanol–water partition coefficient (Wildman–Crippen LogP) is 3.13. The van der Waals surface area contributed by atoms with Crippen LogP contribution in [0.25, 0.3) is 17.3 Å². The van der Waals surface area contributed by atoms with Crippen LogP contribution >= 0.6 is 11.6 Å². The summed E-state index contributed by atoms with van der Waals surface area (Å²) in [5.41, 5.74) is 1.90. The smallest absolute Gasteiger partial charge is 0.239 e. The highest BCUT2D eigenvalue weighted by atomic mass is 35.5. The third kappa shape index (κ3) is 2.62. The standard InChI is InChI=1S/C14H11ClFN5/c1-8-5-9(2)11(10(16)6-8)12-18-13(15)20-14(19-12)21-4-3-17-7-21/h3-7H,1-2H3. The van der Waals surface area contributed by atoms with Crippen molar-refractivity contribution in [2.45, 2.75) is 13.8 Å². The first-order valence-corrected chi connectivity index (χ1v) is 6.59. The molecule has 0 aliphatic rings. The third-order valence-electron chi connectivity index (χ3n) is 2.99. The molecule has 0 radical (unpaired) electrons. The zero-order chi connectivity index (χ0) is 15.0. The highest BCUT2D eigenvalue weighted by Gasteiger charge is 2.15. The van der Waals surface area contributed by atoms with E-state index in [2.05, 4.69) is 19.9 Å². The molecule has 0 aliphatic carbocycles. The minimum absolute atomic E-state index is 0.00285. The van der Waals surface area contributed by atoms with Gasteiger partial charge in [0.2, 0.25) is 11.2 Å². The van der Waals surface area contributed by atoms with Gasteiger partial charge in [0.05, 0.1) is 5.56 Å². The summed E-state index contributed by atoms with van der Waals surface area (Å²) in [5.74, 6) is 0.113. The minimum Gasteiger partial charge on any atom is -0.274 e. The van der Waals surface area contributed by atoms with Crippen molar-refractivity contribution in [3.63, 3.8) is 0 Å². The molecule has 0 aliphatic heterocycles. The average Bonchev–Trinajstić information content (AvgIpc) is 2.90. The van der Waals surface area contributed by atoms with Gasteiger partial charge in [0.25, 0.3) is 0 Å². The van der Waals surface area contributed by atoms with Gasteiger partial charge in [-0.15, -0.1) is 0 Å². The number of aryl methyl sites for hydroxylation is 2. The summed E-state index contributed by atoms with van der Waals surface area (Å²) in [6, 6.07) is 3.31. The summed E-state index contributed by atoms with van der Waals surface area (Å²) in [6.45, 7) is 3.64. The highest BCUT2D eigenvalue weighted by molar-refractivity contribution is 6.28. The molecule has 106 valence electrons. The van der Waals surface area contributed by atoms with Crippen molar-refractivity contribution in [1.82, 2.24) is 24.5 Å². The largest absolute Gasteiger partial charge is 0.274 e. The van der Waals surface area contributed by atoms with Crippen molar-refractivity contribution >= 4 is 11.6 Å². The van der Waals surface area contributed by atoms with E-state index in [1.54, 1.807) is 23.9 Å². The van der Waals surface area contributed by atoms with E-state index in [0.29, 0.717) is 11.5 Å². The number of benzene rings is 1. The fraction of sp³-hybridized carbons (Fsp3) is 0.143. The van der Waals surface area contributed by atoms with Gasteiger partial charge in [0.1, 0.15) is 12.1 Å². The van der Waals surface area contributed by atoms with E-state index in [-0.39, 0.29) is 16.9 Å². The molecule has 0 spiro atoms. The molecule has 3 aromatic rings. The van der Waals surface area contributed by atoms with Crippen LogP contribution in [0, 0.1) is 19.7 Å². The van der Waals surface area contributed by atoms with Gasteiger partial charge < -0.3 is 0 Å². The normalized spacial score (nSPS) is 10.9. The molecule has 2 heterocycles. The molecule has 0 saturated heterocycles. The van der Waals surface area contributed by atoms with Gasteiger partial charge in [-0.05, 0) is 42.6 Å². The minimum atomic E-state index is -0.383. The number of hydrogen-bond donors (Lipinski definition) is 0. The molecule has 5 nitrogen and oxygen atoms in total. The molecule has 3 rings (SSSR count). The second-order valence-corrected chi connectivity index (χ2v) is 4.97. The van der Waals surface area contributed by atoms with Crippen LogP contribution in [0.3, 0.4) is 0 Å². The van der Waals surface area contributed by atoms with E-state index in [9.17, 15) is 4.39 Å². The van der Waals surface area contributed by atoms with Gasteiger partial charge in [-0.25, -0.2) is 9.37 Å². The van der Waals surface area contributed by atoms with Crippen LogP contribution in [-0.2, 0) is 0 Å². The van der Waals surface area contributed by atoms with E-state index >= 15 is 0 Å². The quantitative estimate of drug-likeness (QED) is 0.730. The Bertz CT molecular complexity index is 778. The summed E-state index contributed by atoms with van der Waals surface area (Å²) in [6.07, 6.45) is 4.80. The SMILES string of the molecule is Cc1cc(C)c(-c2nc(Cl)nc(-n3ccnc3)n2)c(F)c1. The van der Waals surface area contributed by atoms with Crippen molar-refractivity contribution in [1.29, 1.82) is 0 Å². The Morgan fingerprint density at radius 2 is 1.95 bits per heavy atom. The average molecular weight is 304 g/mol. The molecule has 0 bridgehead atoms. The van der Waals surface area contributed by atoms with Crippen molar-refractivity contribution in [2.24, 2.45) is 0 Å². The molecular formula is C14H11ClFN5. The fourth-order valence-electron chi connectivity index (χ4n) is 2.14. The Kier molecular flexibility index (Phi) is 3.39. The summed E-state index contributed by atoms with van der Waals surface area (Å²) in [4.78, 5) is 16.3. The molecule has 0 unspecified atom stereocenters. The Hall–Kier alpha value is -2.34. The first-order valence-electron chi connectivity index (χ1n) is 6.21. The second-order valence-electron chi connectivity index (χ2n) is 4.64. The topological polar surface area (TPSA) is 56.5 Å². The molecule has 7 heteroatoms. The summed E-state index contributed by atoms with van der Waals surface area (Å²) in [5, 5.41) is 0.00285. The van der Waals surface area contributed by atoms with Crippen LogP contribution in [0.5, 0.6) is 0 Å². The maximum Gasteiger partial charge on any atom is 0.239 e. The van der Waals surface area contributed by atoms with Gasteiger partial charge in [-0.2, -0.15) is 15.0 Å². The first kappa shape index (κ1) is 13.6. The van der Waals surface area contributed by atoms with E-state index < -0.39 is 0 Å². The van der Waals surface area contributed by atoms with E-state index in [1.165, 1.54) is 12.4 Å². The molecule has 0 N–H and O–H groups in total. The van der Waals surface area contributed by atoms with Crippen LogP contribution in [-0.4, -0.2) is 24.5 Å². The highest BCUT2D eigenvalue weighted by Crippen LogP contribution is 2.26. The van der Waals surface area contributed by atoms with Crippen LogP contribution in [0.15, 0.2) is 30.9 Å². The Morgan fingerprint density at radius 3 is 2.62 bits per heavy atom. The number of nitrogens with zero attached hydrogens (tertiary/aromatic N) is 5. The lowest BCUT2D eigenvalue weighted by Gasteiger charge is -2.09. The Morgan fingerprint density at radius 1 is 1.14 bits per heavy atom. The zero-order valence-corrected chi connectivity index (χ0v) is 12.1.